The average molecular weight is 493 g/mol. The Kier molecular flexibility index (Phi) is 6.51. The molecule has 1 aromatic carbocycles. The second-order valence-corrected chi connectivity index (χ2v) is 11.0. The van der Waals surface area contributed by atoms with E-state index < -0.39 is 0 Å². The highest BCUT2D eigenvalue weighted by molar-refractivity contribution is 8.00. The van der Waals surface area contributed by atoms with Crippen molar-refractivity contribution in [3.8, 4) is 0 Å². The quantitative estimate of drug-likeness (QED) is 0.249. The van der Waals surface area contributed by atoms with E-state index in [4.69, 9.17) is 67.5 Å². The topological polar surface area (TPSA) is 35.5 Å². The number of rotatable bonds is 5. The molecule has 1 aromatic rings. The first-order valence-electron chi connectivity index (χ1n) is 8.44. The molecular formula is C18H19Cl5O3S. The third-order valence-electron chi connectivity index (χ3n) is 5.45. The first-order valence-corrected chi connectivity index (χ1v) is 11.3. The lowest BCUT2D eigenvalue weighted by molar-refractivity contribution is -0.147. The van der Waals surface area contributed by atoms with E-state index in [0.717, 1.165) is 18.8 Å². The summed E-state index contributed by atoms with van der Waals surface area (Å²) in [5, 5.41) is 0.532. The highest BCUT2D eigenvalue weighted by atomic mass is 35.5. The summed E-state index contributed by atoms with van der Waals surface area (Å²) in [5.41, 5.74) is 0.206. The van der Waals surface area contributed by atoms with Gasteiger partial charge in [0.2, 0.25) is 0 Å². The van der Waals surface area contributed by atoms with Crippen LogP contribution in [0.1, 0.15) is 32.8 Å². The molecule has 1 aliphatic carbocycles. The third-order valence-corrected chi connectivity index (χ3v) is 9.07. The Balaban J connectivity index is 1.68. The summed E-state index contributed by atoms with van der Waals surface area (Å²) in [5.74, 6) is 0.693. The van der Waals surface area contributed by atoms with E-state index in [1.807, 2.05) is 0 Å². The molecule has 0 N–H and O–H groups in total. The predicted octanol–water partition coefficient (Wildman–Crippen LogP) is 7.14. The second-order valence-electron chi connectivity index (χ2n) is 7.60. The summed E-state index contributed by atoms with van der Waals surface area (Å²) in [4.78, 5) is 12.5. The number of hydrogen-bond donors (Lipinski definition) is 0. The average Bonchev–Trinajstić information content (AvgIpc) is 2.92. The fourth-order valence-corrected chi connectivity index (χ4v) is 6.03. The molecule has 0 bridgehead atoms. The summed E-state index contributed by atoms with van der Waals surface area (Å²) in [7, 11) is 0. The SMILES string of the molecule is CC1(CC2C(C(=O)OCc3c(Cl)c(Cl)c(Cl)c(Cl)c3Cl)C2(C)C)OCCS1. The number of esters is 1. The maximum atomic E-state index is 12.7. The van der Waals surface area contributed by atoms with Gasteiger partial charge in [0.1, 0.15) is 11.5 Å². The van der Waals surface area contributed by atoms with Gasteiger partial charge in [-0.25, -0.2) is 0 Å². The zero-order valence-electron chi connectivity index (χ0n) is 15.0. The zero-order valence-corrected chi connectivity index (χ0v) is 19.6. The molecule has 2 aliphatic rings. The highest BCUT2D eigenvalue weighted by Gasteiger charge is 2.64. The molecule has 1 saturated heterocycles. The van der Waals surface area contributed by atoms with Gasteiger partial charge in [-0.15, -0.1) is 11.8 Å². The highest BCUT2D eigenvalue weighted by Crippen LogP contribution is 2.63. The minimum absolute atomic E-state index is 0.0779. The molecule has 3 nitrogen and oxygen atoms in total. The third kappa shape index (κ3) is 4.19. The van der Waals surface area contributed by atoms with Crippen LogP contribution in [-0.4, -0.2) is 23.3 Å². The summed E-state index contributed by atoms with van der Waals surface area (Å²) in [6.07, 6.45) is 0.810. The fourth-order valence-electron chi connectivity index (χ4n) is 3.68. The van der Waals surface area contributed by atoms with Crippen LogP contribution in [0, 0.1) is 17.3 Å². The fraction of sp³-hybridized carbons (Fsp3) is 0.611. The van der Waals surface area contributed by atoms with Crippen molar-refractivity contribution < 1.29 is 14.3 Å². The molecule has 1 aliphatic heterocycles. The van der Waals surface area contributed by atoms with Crippen LogP contribution in [0.3, 0.4) is 0 Å². The monoisotopic (exact) mass is 490 g/mol. The van der Waals surface area contributed by atoms with Crippen molar-refractivity contribution in [2.75, 3.05) is 12.4 Å². The molecule has 2 fully saturated rings. The molecule has 9 heteroatoms. The first-order chi connectivity index (χ1) is 12.5. The predicted molar refractivity (Wildman–Crippen MR) is 113 cm³/mol. The molecule has 0 amide bonds. The molecule has 1 saturated carbocycles. The molecule has 0 spiro atoms. The van der Waals surface area contributed by atoms with Crippen LogP contribution in [0.25, 0.3) is 0 Å². The summed E-state index contributed by atoms with van der Waals surface area (Å²) >= 11 is 32.3. The molecule has 0 radical (unpaired) electrons. The minimum atomic E-state index is -0.286. The van der Waals surface area contributed by atoms with Crippen molar-refractivity contribution >= 4 is 75.7 Å². The molecule has 3 unspecified atom stereocenters. The normalized spacial score (nSPS) is 29.0. The van der Waals surface area contributed by atoms with Gasteiger partial charge < -0.3 is 9.47 Å². The van der Waals surface area contributed by atoms with Gasteiger partial charge in [0.15, 0.2) is 0 Å². The number of halogens is 5. The van der Waals surface area contributed by atoms with E-state index in [2.05, 4.69) is 20.8 Å². The van der Waals surface area contributed by atoms with Crippen LogP contribution in [0.2, 0.25) is 25.1 Å². The number of carbonyl (C=O) groups excluding carboxylic acids is 1. The van der Waals surface area contributed by atoms with Crippen LogP contribution in [0.5, 0.6) is 0 Å². The molecule has 0 aromatic heterocycles. The van der Waals surface area contributed by atoms with Crippen LogP contribution in [-0.2, 0) is 20.9 Å². The Morgan fingerprint density at radius 2 is 1.63 bits per heavy atom. The second kappa shape index (κ2) is 7.94. The van der Waals surface area contributed by atoms with E-state index in [0.29, 0.717) is 5.56 Å². The minimum Gasteiger partial charge on any atom is -0.460 e. The summed E-state index contributed by atoms with van der Waals surface area (Å²) < 4.78 is 11.4. The van der Waals surface area contributed by atoms with Gasteiger partial charge in [0, 0.05) is 11.3 Å². The van der Waals surface area contributed by atoms with E-state index in [1.54, 1.807) is 11.8 Å². The number of ether oxygens (including phenoxy) is 2. The summed E-state index contributed by atoms with van der Waals surface area (Å²) in [6.45, 7) is 6.86. The van der Waals surface area contributed by atoms with E-state index >= 15 is 0 Å². The Morgan fingerprint density at radius 1 is 1.07 bits per heavy atom. The Hall–Kier alpha value is 0.450. The molecular weight excluding hydrogens is 474 g/mol. The molecule has 1 heterocycles. The Morgan fingerprint density at radius 3 is 2.15 bits per heavy atom. The van der Waals surface area contributed by atoms with Gasteiger partial charge in [-0.1, -0.05) is 71.9 Å². The van der Waals surface area contributed by atoms with Gasteiger partial charge in [-0.2, -0.15) is 0 Å². The Labute approximate surface area is 188 Å². The van der Waals surface area contributed by atoms with Gasteiger partial charge in [-0.3, -0.25) is 4.79 Å². The van der Waals surface area contributed by atoms with Crippen molar-refractivity contribution in [2.45, 2.75) is 38.7 Å². The smallest absolute Gasteiger partial charge is 0.310 e. The maximum absolute atomic E-state index is 12.7. The Bertz CT molecular complexity index is 748. The van der Waals surface area contributed by atoms with Crippen LogP contribution >= 0.6 is 69.8 Å². The van der Waals surface area contributed by atoms with Crippen LogP contribution in [0.4, 0.5) is 0 Å². The molecule has 150 valence electrons. The zero-order chi connectivity index (χ0) is 20.1. The van der Waals surface area contributed by atoms with E-state index in [1.165, 1.54) is 0 Å². The maximum Gasteiger partial charge on any atom is 0.310 e. The number of hydrogen-bond acceptors (Lipinski definition) is 4. The standard InChI is InChI=1S/C18H19Cl5O3S/c1-17(2)9(6-18(3)26-4-5-27-18)10(17)16(24)25-7-8-11(19)13(21)15(23)14(22)12(8)20/h9-10H,4-7H2,1-3H3. The van der Waals surface area contributed by atoms with Gasteiger partial charge in [0.05, 0.1) is 37.6 Å². The van der Waals surface area contributed by atoms with Crippen molar-refractivity contribution in [1.29, 1.82) is 0 Å². The largest absolute Gasteiger partial charge is 0.460 e. The molecule has 27 heavy (non-hydrogen) atoms. The molecule has 3 rings (SSSR count). The van der Waals surface area contributed by atoms with Gasteiger partial charge >= 0.3 is 5.97 Å². The first kappa shape index (κ1) is 22.1. The number of benzene rings is 1. The van der Waals surface area contributed by atoms with Crippen molar-refractivity contribution in [2.24, 2.45) is 17.3 Å². The number of carbonyl (C=O) groups is 1. The summed E-state index contributed by atoms with van der Waals surface area (Å²) in [6, 6.07) is 0. The van der Waals surface area contributed by atoms with Gasteiger partial charge in [0.25, 0.3) is 0 Å². The lowest BCUT2D eigenvalue weighted by Gasteiger charge is -2.22. The van der Waals surface area contributed by atoms with Crippen molar-refractivity contribution in [3.63, 3.8) is 0 Å². The van der Waals surface area contributed by atoms with E-state index in [9.17, 15) is 4.79 Å². The molecule has 3 atom stereocenters. The van der Waals surface area contributed by atoms with E-state index in [-0.39, 0.29) is 59.9 Å². The van der Waals surface area contributed by atoms with Crippen molar-refractivity contribution in [1.82, 2.24) is 0 Å². The van der Waals surface area contributed by atoms with Crippen molar-refractivity contribution in [3.05, 3.63) is 30.7 Å². The van der Waals surface area contributed by atoms with Gasteiger partial charge in [-0.05, 0) is 24.7 Å². The van der Waals surface area contributed by atoms with Crippen LogP contribution in [0.15, 0.2) is 0 Å². The number of thioether (sulfide) groups is 1. The lowest BCUT2D eigenvalue weighted by Crippen LogP contribution is -2.21. The van der Waals surface area contributed by atoms with Crippen LogP contribution < -0.4 is 0 Å². The lowest BCUT2D eigenvalue weighted by atomic mass is 10.1.